The molecule has 5 aromatic rings. The molecule has 33 heavy (non-hydrogen) atoms. The van der Waals surface area contributed by atoms with Crippen LogP contribution in [0.3, 0.4) is 0 Å². The van der Waals surface area contributed by atoms with Crippen LogP contribution in [-0.4, -0.2) is 30.5 Å². The van der Waals surface area contributed by atoms with E-state index in [9.17, 15) is 10.0 Å². The number of fused-ring (bicyclic) bond motifs is 4. The van der Waals surface area contributed by atoms with Gasteiger partial charge in [0.2, 0.25) is 0 Å². The first-order valence-corrected chi connectivity index (χ1v) is 12.4. The molecule has 0 amide bonds. The maximum Gasteiger partial charge on any atom is 0.490 e. The lowest BCUT2D eigenvalue weighted by Gasteiger charge is -2.10. The Morgan fingerprint density at radius 3 is 2.48 bits per heavy atom. The third-order valence-corrected chi connectivity index (χ3v) is 7.00. The van der Waals surface area contributed by atoms with Crippen LogP contribution in [0.15, 0.2) is 54.6 Å². The lowest BCUT2D eigenvalue weighted by molar-refractivity contribution is 0.426. The van der Waals surface area contributed by atoms with Crippen LogP contribution >= 0.6 is 11.7 Å². The molecule has 0 aliphatic carbocycles. The van der Waals surface area contributed by atoms with Crippen molar-refractivity contribution in [2.24, 2.45) is 5.92 Å². The van der Waals surface area contributed by atoms with Crippen molar-refractivity contribution in [3.8, 4) is 11.1 Å². The summed E-state index contributed by atoms with van der Waals surface area (Å²) in [5.41, 5.74) is 6.16. The maximum atomic E-state index is 9.70. The van der Waals surface area contributed by atoms with Gasteiger partial charge in [0, 0.05) is 39.4 Å². The smallest absolute Gasteiger partial charge is 0.423 e. The fraction of sp³-hybridized carbons (Fsp3) is 0.308. The molecule has 0 saturated heterocycles. The highest BCUT2D eigenvalue weighted by atomic mass is 32.1. The zero-order chi connectivity index (χ0) is 22.9. The van der Waals surface area contributed by atoms with Gasteiger partial charge in [-0.2, -0.15) is 8.75 Å². The van der Waals surface area contributed by atoms with Crippen LogP contribution in [-0.2, 0) is 6.54 Å². The Hall–Kier alpha value is -2.74. The number of aromatic nitrogens is 3. The van der Waals surface area contributed by atoms with Gasteiger partial charge in [-0.3, -0.25) is 0 Å². The van der Waals surface area contributed by atoms with E-state index in [0.29, 0.717) is 16.5 Å². The molecule has 0 bridgehead atoms. The van der Waals surface area contributed by atoms with E-state index >= 15 is 0 Å². The van der Waals surface area contributed by atoms with Gasteiger partial charge in [-0.05, 0) is 30.0 Å². The molecule has 0 fully saturated rings. The van der Waals surface area contributed by atoms with Crippen molar-refractivity contribution in [2.45, 2.75) is 46.1 Å². The van der Waals surface area contributed by atoms with Gasteiger partial charge in [-0.1, -0.05) is 75.6 Å². The van der Waals surface area contributed by atoms with Gasteiger partial charge in [-0.15, -0.1) is 0 Å². The van der Waals surface area contributed by atoms with Crippen LogP contribution < -0.4 is 5.46 Å². The number of aryl methyl sites for hydroxylation is 1. The summed E-state index contributed by atoms with van der Waals surface area (Å²) in [6.07, 6.45) is 4.96. The average molecular weight is 457 g/mol. The number of hydrogen-bond donors (Lipinski definition) is 2. The van der Waals surface area contributed by atoms with Gasteiger partial charge in [-0.25, -0.2) is 0 Å². The minimum absolute atomic E-state index is 0.388. The lowest BCUT2D eigenvalue weighted by atomic mass is 9.78. The molecular weight excluding hydrogens is 429 g/mol. The van der Waals surface area contributed by atoms with E-state index in [2.05, 4.69) is 69.6 Å². The number of hydrogen-bond acceptors (Lipinski definition) is 5. The molecule has 0 radical (unpaired) electrons. The number of benzene rings is 3. The van der Waals surface area contributed by atoms with Crippen molar-refractivity contribution in [2.75, 3.05) is 0 Å². The first kappa shape index (κ1) is 22.1. The lowest BCUT2D eigenvalue weighted by Crippen LogP contribution is -2.30. The summed E-state index contributed by atoms with van der Waals surface area (Å²) < 4.78 is 11.2. The molecule has 168 valence electrons. The van der Waals surface area contributed by atoms with E-state index in [4.69, 9.17) is 0 Å². The fourth-order valence-corrected chi connectivity index (χ4v) is 5.36. The van der Waals surface area contributed by atoms with Crippen molar-refractivity contribution in [1.82, 2.24) is 13.3 Å². The molecule has 3 aromatic carbocycles. The average Bonchev–Trinajstić information content (AvgIpc) is 3.41. The molecule has 0 atom stereocenters. The summed E-state index contributed by atoms with van der Waals surface area (Å²) in [6.45, 7) is 5.57. The largest absolute Gasteiger partial charge is 0.490 e. The summed E-state index contributed by atoms with van der Waals surface area (Å²) >= 11 is 1.09. The highest BCUT2D eigenvalue weighted by Gasteiger charge is 2.20. The van der Waals surface area contributed by atoms with Crippen molar-refractivity contribution in [1.29, 1.82) is 0 Å². The predicted octanol–water partition coefficient (Wildman–Crippen LogP) is 5.36. The SMILES string of the molecule is CC(C)CCCCCn1c2ccccc2c2ccc(-c3ccc(B(O)O)c4nsnc34)cc21. The Morgan fingerprint density at radius 1 is 0.879 bits per heavy atom. The number of para-hydroxylation sites is 1. The molecule has 5 rings (SSSR count). The zero-order valence-electron chi connectivity index (χ0n) is 19.0. The third-order valence-electron chi connectivity index (χ3n) is 6.47. The second kappa shape index (κ2) is 9.25. The summed E-state index contributed by atoms with van der Waals surface area (Å²) in [7, 11) is -1.56. The molecule has 7 heteroatoms. The Morgan fingerprint density at radius 2 is 1.67 bits per heavy atom. The van der Waals surface area contributed by atoms with Crippen LogP contribution in [0.2, 0.25) is 0 Å². The molecule has 0 spiro atoms. The Bertz CT molecular complexity index is 1420. The molecule has 5 nitrogen and oxygen atoms in total. The molecular formula is C26H28BN3O2S. The maximum absolute atomic E-state index is 9.70. The molecule has 0 unspecified atom stereocenters. The minimum atomic E-state index is -1.56. The Labute approximate surface area is 198 Å². The highest BCUT2D eigenvalue weighted by Crippen LogP contribution is 2.34. The topological polar surface area (TPSA) is 71.2 Å². The van der Waals surface area contributed by atoms with Crippen molar-refractivity contribution in [3.63, 3.8) is 0 Å². The van der Waals surface area contributed by atoms with Crippen LogP contribution in [0.4, 0.5) is 0 Å². The summed E-state index contributed by atoms with van der Waals surface area (Å²) in [5, 5.41) is 21.9. The van der Waals surface area contributed by atoms with E-state index in [1.165, 1.54) is 41.1 Å². The van der Waals surface area contributed by atoms with Gasteiger partial charge < -0.3 is 14.6 Å². The van der Waals surface area contributed by atoms with Gasteiger partial charge in [0.25, 0.3) is 0 Å². The molecule has 2 aromatic heterocycles. The normalized spacial score (nSPS) is 11.9. The minimum Gasteiger partial charge on any atom is -0.423 e. The summed E-state index contributed by atoms with van der Waals surface area (Å²) in [6, 6.07) is 18.8. The molecule has 2 N–H and O–H groups in total. The zero-order valence-corrected chi connectivity index (χ0v) is 19.8. The van der Waals surface area contributed by atoms with Crippen molar-refractivity contribution in [3.05, 3.63) is 54.6 Å². The first-order chi connectivity index (χ1) is 16.0. The molecule has 0 aliphatic heterocycles. The van der Waals surface area contributed by atoms with Crippen LogP contribution in [0, 0.1) is 5.92 Å². The number of unbranched alkanes of at least 4 members (excludes halogenated alkanes) is 2. The quantitative estimate of drug-likeness (QED) is 0.243. The standard InChI is InChI=1S/C26H28BN3O2S/c1-17(2)8-4-3-7-15-30-23-10-6-5-9-20(23)21-12-11-18(16-24(21)30)19-13-14-22(27(31)32)26-25(19)28-33-29-26/h5-6,9-14,16-17,31-32H,3-4,7-8,15H2,1-2H3. The summed E-state index contributed by atoms with van der Waals surface area (Å²) in [5.74, 6) is 0.760. The van der Waals surface area contributed by atoms with Gasteiger partial charge in [0.05, 0.1) is 11.7 Å². The fourth-order valence-electron chi connectivity index (χ4n) is 4.78. The number of rotatable bonds is 8. The predicted molar refractivity (Wildman–Crippen MR) is 139 cm³/mol. The number of nitrogens with zero attached hydrogens (tertiary/aromatic N) is 3. The Balaban J connectivity index is 1.58. The molecule has 2 heterocycles. The molecule has 0 saturated carbocycles. The third kappa shape index (κ3) is 4.17. The van der Waals surface area contributed by atoms with Crippen LogP contribution in [0.25, 0.3) is 44.0 Å². The monoisotopic (exact) mass is 457 g/mol. The van der Waals surface area contributed by atoms with E-state index in [0.717, 1.165) is 41.7 Å². The van der Waals surface area contributed by atoms with E-state index < -0.39 is 7.12 Å². The first-order valence-electron chi connectivity index (χ1n) is 11.7. The van der Waals surface area contributed by atoms with Gasteiger partial charge >= 0.3 is 7.12 Å². The molecule has 0 aliphatic rings. The van der Waals surface area contributed by atoms with E-state index in [-0.39, 0.29) is 0 Å². The Kier molecular flexibility index (Phi) is 6.19. The van der Waals surface area contributed by atoms with Gasteiger partial charge in [0.1, 0.15) is 11.0 Å². The second-order valence-corrected chi connectivity index (χ2v) is 9.71. The van der Waals surface area contributed by atoms with Crippen molar-refractivity contribution < 1.29 is 10.0 Å². The van der Waals surface area contributed by atoms with Crippen LogP contribution in [0.1, 0.15) is 39.5 Å². The van der Waals surface area contributed by atoms with Crippen LogP contribution in [0.5, 0.6) is 0 Å². The summed E-state index contributed by atoms with van der Waals surface area (Å²) in [4.78, 5) is 0. The highest BCUT2D eigenvalue weighted by molar-refractivity contribution is 7.00. The van der Waals surface area contributed by atoms with Gasteiger partial charge in [0.15, 0.2) is 0 Å². The van der Waals surface area contributed by atoms with E-state index in [1.807, 2.05) is 6.07 Å². The second-order valence-electron chi connectivity index (χ2n) is 9.18. The van der Waals surface area contributed by atoms with Crippen molar-refractivity contribution >= 4 is 57.1 Å². The van der Waals surface area contributed by atoms with E-state index in [1.54, 1.807) is 6.07 Å².